The second-order valence-corrected chi connectivity index (χ2v) is 5.91. The average Bonchev–Trinajstić information content (AvgIpc) is 3.02. The van der Waals surface area contributed by atoms with E-state index in [0.29, 0.717) is 17.3 Å². The monoisotopic (exact) mass is 321 g/mol. The maximum Gasteiger partial charge on any atom is 0.254 e. The Morgan fingerprint density at radius 1 is 1.08 bits per heavy atom. The fourth-order valence-electron chi connectivity index (χ4n) is 2.49. The quantitative estimate of drug-likeness (QED) is 0.736. The van der Waals surface area contributed by atoms with Gasteiger partial charge in [0.05, 0.1) is 6.54 Å². The highest BCUT2D eigenvalue weighted by molar-refractivity contribution is 5.94. The molecule has 1 heterocycles. The third kappa shape index (κ3) is 3.51. The lowest BCUT2D eigenvalue weighted by atomic mass is 10.1. The summed E-state index contributed by atoms with van der Waals surface area (Å²) in [6, 6.07) is 15.4. The third-order valence-electron chi connectivity index (χ3n) is 3.73. The number of benzene rings is 2. The van der Waals surface area contributed by atoms with E-state index in [4.69, 9.17) is 4.52 Å². The summed E-state index contributed by atoms with van der Waals surface area (Å²) in [4.78, 5) is 18.4. The van der Waals surface area contributed by atoms with Crippen LogP contribution in [0.25, 0.3) is 11.4 Å². The number of hydrogen-bond donors (Lipinski definition) is 0. The molecule has 0 aliphatic rings. The standard InChI is InChI=1S/C19H19N3O2/c1-13-6-4-8-15(10-13)18-20-17(24-21-18)12-22(3)19(23)16-9-5-7-14(2)11-16/h4-11H,12H2,1-3H3. The van der Waals surface area contributed by atoms with Gasteiger partial charge in [-0.3, -0.25) is 4.79 Å². The molecule has 0 spiro atoms. The molecule has 0 aliphatic heterocycles. The molecule has 5 heteroatoms. The smallest absolute Gasteiger partial charge is 0.254 e. The van der Waals surface area contributed by atoms with Crippen LogP contribution in [0.5, 0.6) is 0 Å². The lowest BCUT2D eigenvalue weighted by molar-refractivity contribution is 0.0769. The fourth-order valence-corrected chi connectivity index (χ4v) is 2.49. The van der Waals surface area contributed by atoms with E-state index >= 15 is 0 Å². The van der Waals surface area contributed by atoms with E-state index in [2.05, 4.69) is 10.1 Å². The third-order valence-corrected chi connectivity index (χ3v) is 3.73. The molecular formula is C19H19N3O2. The number of aromatic nitrogens is 2. The minimum absolute atomic E-state index is 0.0750. The van der Waals surface area contributed by atoms with Gasteiger partial charge in [-0.1, -0.05) is 46.6 Å². The first-order valence-corrected chi connectivity index (χ1v) is 7.74. The van der Waals surface area contributed by atoms with Crippen LogP contribution in [-0.2, 0) is 6.54 Å². The van der Waals surface area contributed by atoms with Gasteiger partial charge >= 0.3 is 0 Å². The second-order valence-electron chi connectivity index (χ2n) is 5.91. The number of carbonyl (C=O) groups is 1. The molecule has 0 atom stereocenters. The van der Waals surface area contributed by atoms with E-state index in [1.54, 1.807) is 18.0 Å². The lowest BCUT2D eigenvalue weighted by Gasteiger charge is -2.14. The Kier molecular flexibility index (Phi) is 4.42. The molecule has 1 aromatic heterocycles. The van der Waals surface area contributed by atoms with Crippen LogP contribution in [0.15, 0.2) is 53.1 Å². The molecule has 0 saturated carbocycles. The largest absolute Gasteiger partial charge is 0.337 e. The van der Waals surface area contributed by atoms with Gasteiger partial charge in [-0.25, -0.2) is 0 Å². The van der Waals surface area contributed by atoms with Gasteiger partial charge in [-0.2, -0.15) is 4.98 Å². The van der Waals surface area contributed by atoms with E-state index in [1.807, 2.05) is 56.3 Å². The second kappa shape index (κ2) is 6.66. The predicted molar refractivity (Wildman–Crippen MR) is 91.4 cm³/mol. The van der Waals surface area contributed by atoms with Gasteiger partial charge in [0.15, 0.2) is 0 Å². The summed E-state index contributed by atoms with van der Waals surface area (Å²) in [5.74, 6) is 0.870. The molecule has 0 saturated heterocycles. The summed E-state index contributed by atoms with van der Waals surface area (Å²) >= 11 is 0. The predicted octanol–water partition coefficient (Wildman–Crippen LogP) is 3.63. The summed E-state index contributed by atoms with van der Waals surface area (Å²) in [6.07, 6.45) is 0. The van der Waals surface area contributed by atoms with E-state index in [9.17, 15) is 4.79 Å². The number of aryl methyl sites for hydroxylation is 2. The van der Waals surface area contributed by atoms with Crippen LogP contribution in [0.1, 0.15) is 27.4 Å². The van der Waals surface area contributed by atoms with E-state index in [1.165, 1.54) is 0 Å². The molecule has 0 N–H and O–H groups in total. The number of carbonyl (C=O) groups excluding carboxylic acids is 1. The van der Waals surface area contributed by atoms with Crippen LogP contribution >= 0.6 is 0 Å². The molecule has 0 radical (unpaired) electrons. The SMILES string of the molecule is Cc1cccc(C(=O)N(C)Cc2nc(-c3cccc(C)c3)no2)c1. The van der Waals surface area contributed by atoms with Crippen LogP contribution in [0.3, 0.4) is 0 Å². The van der Waals surface area contributed by atoms with Crippen molar-refractivity contribution in [2.24, 2.45) is 0 Å². The Labute approximate surface area is 140 Å². The van der Waals surface area contributed by atoms with Crippen molar-refractivity contribution in [2.45, 2.75) is 20.4 Å². The van der Waals surface area contributed by atoms with Gasteiger partial charge in [0, 0.05) is 18.2 Å². The Morgan fingerprint density at radius 2 is 1.79 bits per heavy atom. The molecule has 1 amide bonds. The highest BCUT2D eigenvalue weighted by Crippen LogP contribution is 2.18. The van der Waals surface area contributed by atoms with Crippen LogP contribution < -0.4 is 0 Å². The summed E-state index contributed by atoms with van der Waals surface area (Å²) in [7, 11) is 1.72. The topological polar surface area (TPSA) is 59.2 Å². The normalized spacial score (nSPS) is 10.6. The van der Waals surface area contributed by atoms with E-state index in [-0.39, 0.29) is 12.5 Å². The molecule has 2 aromatic carbocycles. The molecule has 0 aliphatic carbocycles. The van der Waals surface area contributed by atoms with Gasteiger partial charge in [-0.15, -0.1) is 0 Å². The first-order valence-electron chi connectivity index (χ1n) is 7.74. The number of nitrogens with zero attached hydrogens (tertiary/aromatic N) is 3. The maximum absolute atomic E-state index is 12.5. The zero-order chi connectivity index (χ0) is 17.1. The highest BCUT2D eigenvalue weighted by Gasteiger charge is 2.16. The van der Waals surface area contributed by atoms with Crippen LogP contribution in [0.4, 0.5) is 0 Å². The first-order chi connectivity index (χ1) is 11.5. The van der Waals surface area contributed by atoms with Gasteiger partial charge in [0.25, 0.3) is 5.91 Å². The summed E-state index contributed by atoms with van der Waals surface area (Å²) < 4.78 is 5.28. The molecule has 122 valence electrons. The van der Waals surface area contributed by atoms with Crippen molar-refractivity contribution in [3.05, 3.63) is 71.1 Å². The summed E-state index contributed by atoms with van der Waals surface area (Å²) in [5.41, 5.74) is 3.73. The Morgan fingerprint density at radius 3 is 2.50 bits per heavy atom. The molecule has 3 aromatic rings. The van der Waals surface area contributed by atoms with Gasteiger partial charge in [-0.05, 0) is 32.0 Å². The van der Waals surface area contributed by atoms with Gasteiger partial charge in [0.1, 0.15) is 0 Å². The molecular weight excluding hydrogens is 302 g/mol. The van der Waals surface area contributed by atoms with E-state index in [0.717, 1.165) is 16.7 Å². The average molecular weight is 321 g/mol. The number of hydrogen-bond acceptors (Lipinski definition) is 4. The van der Waals surface area contributed by atoms with Crippen LogP contribution in [0.2, 0.25) is 0 Å². The van der Waals surface area contributed by atoms with Crippen LogP contribution in [0, 0.1) is 13.8 Å². The molecule has 0 unspecified atom stereocenters. The molecule has 3 rings (SSSR count). The van der Waals surface area contributed by atoms with Crippen molar-refractivity contribution in [3.63, 3.8) is 0 Å². The molecule has 0 bridgehead atoms. The molecule has 24 heavy (non-hydrogen) atoms. The van der Waals surface area contributed by atoms with Crippen molar-refractivity contribution in [1.29, 1.82) is 0 Å². The van der Waals surface area contributed by atoms with Crippen LogP contribution in [-0.4, -0.2) is 28.0 Å². The van der Waals surface area contributed by atoms with Crippen molar-refractivity contribution >= 4 is 5.91 Å². The van der Waals surface area contributed by atoms with Crippen molar-refractivity contribution in [2.75, 3.05) is 7.05 Å². The summed E-state index contributed by atoms with van der Waals surface area (Å²) in [6.45, 7) is 4.24. The molecule has 0 fully saturated rings. The summed E-state index contributed by atoms with van der Waals surface area (Å²) in [5, 5.41) is 4.00. The van der Waals surface area contributed by atoms with Crippen molar-refractivity contribution in [1.82, 2.24) is 15.0 Å². The number of rotatable bonds is 4. The fraction of sp³-hybridized carbons (Fsp3) is 0.211. The van der Waals surface area contributed by atoms with Gasteiger partial charge < -0.3 is 9.42 Å². The Balaban J connectivity index is 1.73. The zero-order valence-electron chi connectivity index (χ0n) is 14.0. The number of amides is 1. The Bertz CT molecular complexity index is 870. The minimum Gasteiger partial charge on any atom is -0.337 e. The highest BCUT2D eigenvalue weighted by atomic mass is 16.5. The molecule has 5 nitrogen and oxygen atoms in total. The first kappa shape index (κ1) is 15.9. The maximum atomic E-state index is 12.5. The lowest BCUT2D eigenvalue weighted by Crippen LogP contribution is -2.26. The van der Waals surface area contributed by atoms with E-state index < -0.39 is 0 Å². The van der Waals surface area contributed by atoms with Crippen molar-refractivity contribution < 1.29 is 9.32 Å². The Hall–Kier alpha value is -2.95. The zero-order valence-corrected chi connectivity index (χ0v) is 14.0. The van der Waals surface area contributed by atoms with Gasteiger partial charge in [0.2, 0.25) is 11.7 Å². The minimum atomic E-state index is -0.0750. The van der Waals surface area contributed by atoms with Crippen molar-refractivity contribution in [3.8, 4) is 11.4 Å².